The molecule has 0 heterocycles. The molecular weight excluding hydrogens is 184 g/mol. The zero-order valence-corrected chi connectivity index (χ0v) is 9.03. The van der Waals surface area contributed by atoms with Crippen molar-refractivity contribution in [2.24, 2.45) is 22.4 Å². The zero-order chi connectivity index (χ0) is 10.3. The Morgan fingerprint density at radius 1 is 1.54 bits per heavy atom. The zero-order valence-electron chi connectivity index (χ0n) is 8.21. The van der Waals surface area contributed by atoms with Crippen LogP contribution in [0.1, 0.15) is 26.7 Å². The molecule has 0 aliphatic carbocycles. The second-order valence-corrected chi connectivity index (χ2v) is 4.06. The minimum absolute atomic E-state index is 0.0411. The van der Waals surface area contributed by atoms with Crippen molar-refractivity contribution in [2.75, 3.05) is 5.75 Å². The third-order valence-electron chi connectivity index (χ3n) is 1.52. The van der Waals surface area contributed by atoms with Crippen LogP contribution in [0.5, 0.6) is 0 Å². The highest BCUT2D eigenvalue weighted by molar-refractivity contribution is 8.13. The average molecular weight is 202 g/mol. The van der Waals surface area contributed by atoms with Crippen LogP contribution < -0.4 is 11.5 Å². The smallest absolute Gasteiger partial charge is 0.193 e. The van der Waals surface area contributed by atoms with E-state index in [0.717, 1.165) is 5.75 Å². The fourth-order valence-corrected chi connectivity index (χ4v) is 1.73. The van der Waals surface area contributed by atoms with E-state index in [-0.39, 0.29) is 11.1 Å². The fraction of sp³-hybridized carbons (Fsp3) is 0.750. The first-order valence-electron chi connectivity index (χ1n) is 4.37. The molecule has 1 atom stereocenters. The predicted molar refractivity (Wildman–Crippen MR) is 60.1 cm³/mol. The largest absolute Gasteiger partial charge is 0.370 e. The van der Waals surface area contributed by atoms with Gasteiger partial charge in [-0.05, 0) is 5.92 Å². The van der Waals surface area contributed by atoms with E-state index >= 15 is 0 Å². The van der Waals surface area contributed by atoms with Gasteiger partial charge in [-0.15, -0.1) is 0 Å². The Bertz CT molecular complexity index is 187. The van der Waals surface area contributed by atoms with Gasteiger partial charge >= 0.3 is 0 Å². The fourth-order valence-electron chi connectivity index (χ4n) is 0.947. The molecule has 4 nitrogen and oxygen atoms in total. The van der Waals surface area contributed by atoms with Gasteiger partial charge in [0.05, 0.1) is 0 Å². The number of rotatable bonds is 4. The Balaban J connectivity index is 3.64. The minimum atomic E-state index is -0.0411. The molecule has 76 valence electrons. The monoisotopic (exact) mass is 202 g/mol. The molecule has 0 bridgehead atoms. The quantitative estimate of drug-likeness (QED) is 0.475. The highest BCUT2D eigenvalue weighted by Crippen LogP contribution is 2.14. The Labute approximate surface area is 83.7 Å². The Morgan fingerprint density at radius 3 is 2.62 bits per heavy atom. The number of aliphatic imine (C=N–C) groups is 1. The van der Waals surface area contributed by atoms with E-state index in [9.17, 15) is 0 Å². The number of guanidine groups is 1. The number of hydrogen-bond donors (Lipinski definition) is 3. The Morgan fingerprint density at radius 2 is 2.15 bits per heavy atom. The standard InChI is InChI=1S/C8H18N4S/c1-3-4-6(2)5-13-8(11)12-7(9)10/h6H,3-5H2,1-2H3,(H5,9,10,11,12). The number of nitrogens with zero attached hydrogens (tertiary/aromatic N) is 1. The molecule has 0 saturated carbocycles. The highest BCUT2D eigenvalue weighted by Gasteiger charge is 2.03. The summed E-state index contributed by atoms with van der Waals surface area (Å²) in [5.41, 5.74) is 10.3. The van der Waals surface area contributed by atoms with Gasteiger partial charge in [-0.1, -0.05) is 38.5 Å². The SMILES string of the molecule is CCCC(C)CSC(=N)N=C(N)N. The van der Waals surface area contributed by atoms with Gasteiger partial charge in [0.1, 0.15) is 0 Å². The Kier molecular flexibility index (Phi) is 6.40. The van der Waals surface area contributed by atoms with Gasteiger partial charge in [0.2, 0.25) is 0 Å². The molecule has 5 N–H and O–H groups in total. The van der Waals surface area contributed by atoms with Crippen LogP contribution in [0.4, 0.5) is 0 Å². The molecule has 0 fully saturated rings. The van der Waals surface area contributed by atoms with Crippen LogP contribution in [0.25, 0.3) is 0 Å². The summed E-state index contributed by atoms with van der Waals surface area (Å²) in [4.78, 5) is 3.63. The van der Waals surface area contributed by atoms with Crippen molar-refractivity contribution < 1.29 is 0 Å². The maximum atomic E-state index is 7.36. The summed E-state index contributed by atoms with van der Waals surface area (Å²) in [7, 11) is 0. The Hall–Kier alpha value is -0.710. The predicted octanol–water partition coefficient (Wildman–Crippen LogP) is 1.36. The second kappa shape index (κ2) is 6.77. The van der Waals surface area contributed by atoms with Crippen LogP contribution in [-0.4, -0.2) is 16.9 Å². The summed E-state index contributed by atoms with van der Waals surface area (Å²) in [5, 5.41) is 7.56. The molecular formula is C8H18N4S. The number of hydrogen-bond acceptors (Lipinski definition) is 2. The van der Waals surface area contributed by atoms with Gasteiger partial charge in [-0.25, -0.2) is 0 Å². The summed E-state index contributed by atoms with van der Waals surface area (Å²) in [5.74, 6) is 1.48. The van der Waals surface area contributed by atoms with Gasteiger partial charge < -0.3 is 11.5 Å². The van der Waals surface area contributed by atoms with Crippen LogP contribution >= 0.6 is 11.8 Å². The van der Waals surface area contributed by atoms with E-state index in [4.69, 9.17) is 16.9 Å². The maximum Gasteiger partial charge on any atom is 0.193 e. The van der Waals surface area contributed by atoms with E-state index in [1.54, 1.807) is 0 Å². The molecule has 0 amide bonds. The molecule has 5 heteroatoms. The van der Waals surface area contributed by atoms with E-state index < -0.39 is 0 Å². The molecule has 13 heavy (non-hydrogen) atoms. The summed E-state index contributed by atoms with van der Waals surface area (Å²) in [6.45, 7) is 4.32. The third-order valence-corrected chi connectivity index (χ3v) is 2.62. The van der Waals surface area contributed by atoms with Crippen LogP contribution in [0.2, 0.25) is 0 Å². The lowest BCUT2D eigenvalue weighted by Gasteiger charge is -2.07. The molecule has 0 radical (unpaired) electrons. The van der Waals surface area contributed by atoms with Crippen molar-refractivity contribution >= 4 is 22.9 Å². The number of nitrogens with one attached hydrogen (secondary N) is 1. The molecule has 1 unspecified atom stereocenters. The number of thioether (sulfide) groups is 1. The van der Waals surface area contributed by atoms with Gasteiger partial charge in [0.25, 0.3) is 0 Å². The van der Waals surface area contributed by atoms with E-state index in [0.29, 0.717) is 5.92 Å². The lowest BCUT2D eigenvalue weighted by Crippen LogP contribution is -2.23. The molecule has 0 aromatic heterocycles. The van der Waals surface area contributed by atoms with Crippen molar-refractivity contribution in [1.82, 2.24) is 0 Å². The van der Waals surface area contributed by atoms with Crippen LogP contribution in [0, 0.1) is 11.3 Å². The normalized spacial score (nSPS) is 12.2. The highest BCUT2D eigenvalue weighted by atomic mass is 32.2. The maximum absolute atomic E-state index is 7.36. The van der Waals surface area contributed by atoms with Crippen molar-refractivity contribution in [2.45, 2.75) is 26.7 Å². The first-order chi connectivity index (χ1) is 6.06. The van der Waals surface area contributed by atoms with Crippen molar-refractivity contribution in [1.29, 1.82) is 5.41 Å². The van der Waals surface area contributed by atoms with Crippen LogP contribution in [0.15, 0.2) is 4.99 Å². The molecule has 0 rings (SSSR count). The summed E-state index contributed by atoms with van der Waals surface area (Å²) in [6, 6.07) is 0. The number of nitrogens with two attached hydrogens (primary N) is 2. The molecule has 0 saturated heterocycles. The minimum Gasteiger partial charge on any atom is -0.370 e. The molecule has 0 aromatic carbocycles. The third kappa shape index (κ3) is 7.64. The van der Waals surface area contributed by atoms with Crippen molar-refractivity contribution in [3.05, 3.63) is 0 Å². The van der Waals surface area contributed by atoms with Gasteiger partial charge in [-0.3, -0.25) is 5.41 Å². The van der Waals surface area contributed by atoms with Gasteiger partial charge in [0, 0.05) is 5.75 Å². The average Bonchev–Trinajstić information content (AvgIpc) is 2.00. The van der Waals surface area contributed by atoms with E-state index in [1.807, 2.05) is 0 Å². The summed E-state index contributed by atoms with van der Waals surface area (Å²) >= 11 is 1.39. The molecule has 0 aromatic rings. The van der Waals surface area contributed by atoms with E-state index in [2.05, 4.69) is 18.8 Å². The van der Waals surface area contributed by atoms with Crippen molar-refractivity contribution in [3.63, 3.8) is 0 Å². The van der Waals surface area contributed by atoms with Gasteiger partial charge in [-0.2, -0.15) is 4.99 Å². The molecule has 0 spiro atoms. The molecule has 0 aliphatic heterocycles. The summed E-state index contributed by atoms with van der Waals surface area (Å²) < 4.78 is 0. The summed E-state index contributed by atoms with van der Waals surface area (Å²) in [6.07, 6.45) is 2.36. The lowest BCUT2D eigenvalue weighted by molar-refractivity contribution is 0.586. The van der Waals surface area contributed by atoms with Crippen LogP contribution in [-0.2, 0) is 0 Å². The number of amidine groups is 1. The van der Waals surface area contributed by atoms with Gasteiger partial charge in [0.15, 0.2) is 11.1 Å². The van der Waals surface area contributed by atoms with Crippen molar-refractivity contribution in [3.8, 4) is 0 Å². The second-order valence-electron chi connectivity index (χ2n) is 3.05. The lowest BCUT2D eigenvalue weighted by atomic mass is 10.1. The first kappa shape index (κ1) is 12.3. The topological polar surface area (TPSA) is 88.2 Å². The van der Waals surface area contributed by atoms with E-state index in [1.165, 1.54) is 24.6 Å². The van der Waals surface area contributed by atoms with Crippen LogP contribution in [0.3, 0.4) is 0 Å². The molecule has 0 aliphatic rings. The first-order valence-corrected chi connectivity index (χ1v) is 5.35.